The van der Waals surface area contributed by atoms with Crippen LogP contribution in [0.5, 0.6) is 0 Å². The molecular formula is C9H11F3N2O2S. The van der Waals surface area contributed by atoms with Crippen molar-refractivity contribution >= 4 is 15.7 Å². The zero-order valence-electron chi connectivity index (χ0n) is 8.95. The third-order valence-electron chi connectivity index (χ3n) is 1.88. The highest BCUT2D eigenvalue weighted by atomic mass is 32.2. The van der Waals surface area contributed by atoms with Gasteiger partial charge >= 0.3 is 6.18 Å². The molecule has 1 aromatic rings. The molecule has 0 aromatic carbocycles. The lowest BCUT2D eigenvalue weighted by molar-refractivity contribution is -0.137. The van der Waals surface area contributed by atoms with Gasteiger partial charge in [0.05, 0.1) is 11.3 Å². The molecule has 0 aliphatic heterocycles. The van der Waals surface area contributed by atoms with Gasteiger partial charge < -0.3 is 5.32 Å². The number of sulfone groups is 1. The first-order valence-corrected chi connectivity index (χ1v) is 6.70. The van der Waals surface area contributed by atoms with Gasteiger partial charge in [-0.15, -0.1) is 0 Å². The van der Waals surface area contributed by atoms with Crippen LogP contribution in [0.15, 0.2) is 18.3 Å². The molecule has 1 rings (SSSR count). The molecule has 1 heterocycles. The molecule has 0 spiro atoms. The van der Waals surface area contributed by atoms with Crippen LogP contribution in [0.1, 0.15) is 5.56 Å². The third kappa shape index (κ3) is 4.59. The molecule has 0 radical (unpaired) electrons. The van der Waals surface area contributed by atoms with Gasteiger partial charge in [-0.05, 0) is 12.1 Å². The van der Waals surface area contributed by atoms with Crippen LogP contribution in [-0.4, -0.2) is 32.0 Å². The van der Waals surface area contributed by atoms with Crippen molar-refractivity contribution in [3.8, 4) is 0 Å². The smallest absolute Gasteiger partial charge is 0.369 e. The molecule has 0 aliphatic carbocycles. The minimum Gasteiger partial charge on any atom is -0.369 e. The molecule has 1 N–H and O–H groups in total. The van der Waals surface area contributed by atoms with Gasteiger partial charge in [-0.1, -0.05) is 0 Å². The van der Waals surface area contributed by atoms with Gasteiger partial charge in [0.25, 0.3) is 0 Å². The summed E-state index contributed by atoms with van der Waals surface area (Å²) >= 11 is 0. The molecule has 0 unspecified atom stereocenters. The lowest BCUT2D eigenvalue weighted by atomic mass is 10.2. The molecule has 0 fully saturated rings. The predicted octanol–water partition coefficient (Wildman–Crippen LogP) is 1.56. The number of alkyl halides is 3. The molecule has 96 valence electrons. The van der Waals surface area contributed by atoms with Crippen LogP contribution in [0.25, 0.3) is 0 Å². The van der Waals surface area contributed by atoms with Crippen LogP contribution in [-0.2, 0) is 16.0 Å². The first-order chi connectivity index (χ1) is 7.70. The van der Waals surface area contributed by atoms with Crippen molar-refractivity contribution in [2.45, 2.75) is 6.18 Å². The maximum Gasteiger partial charge on any atom is 0.419 e. The summed E-state index contributed by atoms with van der Waals surface area (Å²) in [4.78, 5) is 3.54. The Kier molecular flexibility index (Phi) is 3.97. The fraction of sp³-hybridized carbons (Fsp3) is 0.444. The zero-order valence-corrected chi connectivity index (χ0v) is 9.77. The molecule has 0 atom stereocenters. The van der Waals surface area contributed by atoms with Gasteiger partial charge in [0, 0.05) is 19.0 Å². The molecule has 0 amide bonds. The van der Waals surface area contributed by atoms with Crippen LogP contribution >= 0.6 is 0 Å². The largest absolute Gasteiger partial charge is 0.419 e. The van der Waals surface area contributed by atoms with Crippen molar-refractivity contribution in [3.63, 3.8) is 0 Å². The number of rotatable bonds is 4. The molecule has 4 nitrogen and oxygen atoms in total. The van der Waals surface area contributed by atoms with E-state index in [1.165, 1.54) is 12.3 Å². The van der Waals surface area contributed by atoms with Gasteiger partial charge in [0.15, 0.2) is 0 Å². The average Bonchev–Trinajstić information content (AvgIpc) is 2.15. The minimum atomic E-state index is -4.51. The van der Waals surface area contributed by atoms with E-state index in [0.29, 0.717) is 0 Å². The van der Waals surface area contributed by atoms with Crippen molar-refractivity contribution < 1.29 is 21.6 Å². The monoisotopic (exact) mass is 268 g/mol. The van der Waals surface area contributed by atoms with Gasteiger partial charge in [-0.25, -0.2) is 13.4 Å². The Balaban J connectivity index is 2.78. The SMILES string of the molecule is CS(=O)(=O)CCNc1ncccc1C(F)(F)F. The average molecular weight is 268 g/mol. The number of halogens is 3. The molecule has 0 bridgehead atoms. The number of pyridine rings is 1. The van der Waals surface area contributed by atoms with E-state index in [2.05, 4.69) is 10.3 Å². The second kappa shape index (κ2) is 4.91. The summed E-state index contributed by atoms with van der Waals surface area (Å²) in [6.07, 6.45) is -2.29. The standard InChI is InChI=1S/C9H11F3N2O2S/c1-17(15,16)6-5-14-8-7(9(10,11)12)3-2-4-13-8/h2-4H,5-6H2,1H3,(H,13,14). The fourth-order valence-electron chi connectivity index (χ4n) is 1.13. The van der Waals surface area contributed by atoms with Gasteiger partial charge in [-0.2, -0.15) is 13.2 Å². The summed E-state index contributed by atoms with van der Waals surface area (Å²) in [5.74, 6) is -0.607. The maximum atomic E-state index is 12.5. The first-order valence-electron chi connectivity index (χ1n) is 4.64. The van der Waals surface area contributed by atoms with E-state index in [-0.39, 0.29) is 18.1 Å². The van der Waals surface area contributed by atoms with E-state index >= 15 is 0 Å². The fourth-order valence-corrected chi connectivity index (χ4v) is 1.60. The van der Waals surface area contributed by atoms with Crippen molar-refractivity contribution in [2.75, 3.05) is 23.9 Å². The number of nitrogens with zero attached hydrogens (tertiary/aromatic N) is 1. The Labute approximate surface area is 96.8 Å². The summed E-state index contributed by atoms with van der Waals surface area (Å²) in [5, 5.41) is 2.37. The normalized spacial score (nSPS) is 12.5. The van der Waals surface area contributed by atoms with Crippen molar-refractivity contribution in [3.05, 3.63) is 23.9 Å². The second-order valence-corrected chi connectivity index (χ2v) is 5.71. The van der Waals surface area contributed by atoms with Crippen molar-refractivity contribution in [1.29, 1.82) is 0 Å². The van der Waals surface area contributed by atoms with Gasteiger partial charge in [0.1, 0.15) is 15.7 Å². The van der Waals surface area contributed by atoms with E-state index in [1.807, 2.05) is 0 Å². The quantitative estimate of drug-likeness (QED) is 0.900. The molecule has 0 aliphatic rings. The number of aromatic nitrogens is 1. The summed E-state index contributed by atoms with van der Waals surface area (Å²) in [7, 11) is -3.21. The van der Waals surface area contributed by atoms with Crippen LogP contribution < -0.4 is 5.32 Å². The minimum absolute atomic E-state index is 0.112. The molecule has 17 heavy (non-hydrogen) atoms. The van der Waals surface area contributed by atoms with E-state index in [9.17, 15) is 21.6 Å². The maximum absolute atomic E-state index is 12.5. The van der Waals surface area contributed by atoms with Crippen LogP contribution in [0.3, 0.4) is 0 Å². The van der Waals surface area contributed by atoms with Gasteiger partial charge in [0.2, 0.25) is 0 Å². The van der Waals surface area contributed by atoms with Crippen LogP contribution in [0.2, 0.25) is 0 Å². The van der Waals surface area contributed by atoms with E-state index in [0.717, 1.165) is 12.3 Å². The Hall–Kier alpha value is -1.31. The summed E-state index contributed by atoms with van der Waals surface area (Å²) in [5.41, 5.74) is -0.909. The number of hydrogen-bond acceptors (Lipinski definition) is 4. The summed E-state index contributed by atoms with van der Waals surface area (Å²) in [6.45, 7) is -0.112. The number of anilines is 1. The van der Waals surface area contributed by atoms with E-state index in [4.69, 9.17) is 0 Å². The number of nitrogens with one attached hydrogen (secondary N) is 1. The van der Waals surface area contributed by atoms with Crippen LogP contribution in [0, 0.1) is 0 Å². The van der Waals surface area contributed by atoms with Crippen molar-refractivity contribution in [1.82, 2.24) is 4.98 Å². The predicted molar refractivity (Wildman–Crippen MR) is 57.4 cm³/mol. The van der Waals surface area contributed by atoms with Crippen molar-refractivity contribution in [2.24, 2.45) is 0 Å². The lowest BCUT2D eigenvalue weighted by Gasteiger charge is -2.12. The van der Waals surface area contributed by atoms with E-state index < -0.39 is 21.6 Å². The highest BCUT2D eigenvalue weighted by Crippen LogP contribution is 2.33. The molecule has 8 heteroatoms. The summed E-state index contributed by atoms with van der Waals surface area (Å²) in [6, 6.07) is 2.06. The highest BCUT2D eigenvalue weighted by molar-refractivity contribution is 7.90. The van der Waals surface area contributed by atoms with Gasteiger partial charge in [-0.3, -0.25) is 0 Å². The first kappa shape index (κ1) is 13.8. The Morgan fingerprint density at radius 1 is 1.41 bits per heavy atom. The Bertz CT molecular complexity index is 485. The topological polar surface area (TPSA) is 59.1 Å². The Morgan fingerprint density at radius 2 is 2.06 bits per heavy atom. The third-order valence-corrected chi connectivity index (χ3v) is 2.82. The molecule has 0 saturated heterocycles. The molecular weight excluding hydrogens is 257 g/mol. The Morgan fingerprint density at radius 3 is 2.59 bits per heavy atom. The summed E-state index contributed by atoms with van der Waals surface area (Å²) < 4.78 is 59.2. The molecule has 1 aromatic heterocycles. The van der Waals surface area contributed by atoms with Crippen LogP contribution in [0.4, 0.5) is 19.0 Å². The second-order valence-electron chi connectivity index (χ2n) is 3.45. The number of hydrogen-bond donors (Lipinski definition) is 1. The zero-order chi connectivity index (χ0) is 13.1. The van der Waals surface area contributed by atoms with E-state index in [1.54, 1.807) is 0 Å². The lowest BCUT2D eigenvalue weighted by Crippen LogP contribution is -2.18. The highest BCUT2D eigenvalue weighted by Gasteiger charge is 2.33. The molecule has 0 saturated carbocycles.